The number of thiophene rings is 1. The van der Waals surface area contributed by atoms with E-state index in [1.54, 1.807) is 0 Å². The summed E-state index contributed by atoms with van der Waals surface area (Å²) in [5.41, 5.74) is 6.39. The molecule has 13 heavy (non-hydrogen) atoms. The molecule has 2 heteroatoms. The SMILES string of the molecule is Cc1ccc(C2(N)CCC(C)C2)s1. The average molecular weight is 195 g/mol. The highest BCUT2D eigenvalue weighted by Crippen LogP contribution is 2.42. The van der Waals surface area contributed by atoms with Crippen LogP contribution >= 0.6 is 11.3 Å². The summed E-state index contributed by atoms with van der Waals surface area (Å²) in [6, 6.07) is 4.38. The summed E-state index contributed by atoms with van der Waals surface area (Å²) >= 11 is 1.86. The molecule has 0 bridgehead atoms. The van der Waals surface area contributed by atoms with E-state index in [1.165, 1.54) is 16.2 Å². The fourth-order valence-corrected chi connectivity index (χ4v) is 3.26. The van der Waals surface area contributed by atoms with Crippen LogP contribution in [0.2, 0.25) is 0 Å². The Kier molecular flexibility index (Phi) is 2.20. The molecule has 2 rings (SSSR count). The fourth-order valence-electron chi connectivity index (χ4n) is 2.26. The van der Waals surface area contributed by atoms with Crippen LogP contribution < -0.4 is 5.73 Å². The Labute approximate surface area is 84.0 Å². The lowest BCUT2D eigenvalue weighted by molar-refractivity contribution is 0.449. The molecule has 1 fully saturated rings. The minimum atomic E-state index is -0.00164. The molecule has 1 aliphatic carbocycles. The van der Waals surface area contributed by atoms with E-state index < -0.39 is 0 Å². The van der Waals surface area contributed by atoms with Gasteiger partial charge in [0, 0.05) is 9.75 Å². The highest BCUT2D eigenvalue weighted by molar-refractivity contribution is 7.12. The van der Waals surface area contributed by atoms with Gasteiger partial charge in [0.1, 0.15) is 0 Å². The first-order valence-electron chi connectivity index (χ1n) is 4.96. The van der Waals surface area contributed by atoms with Crippen LogP contribution in [0.5, 0.6) is 0 Å². The summed E-state index contributed by atoms with van der Waals surface area (Å²) in [7, 11) is 0. The van der Waals surface area contributed by atoms with Gasteiger partial charge in [0.2, 0.25) is 0 Å². The second-order valence-electron chi connectivity index (χ2n) is 4.41. The van der Waals surface area contributed by atoms with Gasteiger partial charge >= 0.3 is 0 Å². The quantitative estimate of drug-likeness (QED) is 0.732. The van der Waals surface area contributed by atoms with Gasteiger partial charge in [-0.25, -0.2) is 0 Å². The molecule has 0 radical (unpaired) electrons. The predicted octanol–water partition coefficient (Wildman–Crippen LogP) is 3.03. The van der Waals surface area contributed by atoms with Crippen molar-refractivity contribution in [3.05, 3.63) is 21.9 Å². The summed E-state index contributed by atoms with van der Waals surface area (Å²) in [5.74, 6) is 0.799. The first-order chi connectivity index (χ1) is 6.10. The molecule has 0 saturated heterocycles. The van der Waals surface area contributed by atoms with Crippen LogP contribution in [-0.2, 0) is 5.54 Å². The van der Waals surface area contributed by atoms with Crippen molar-refractivity contribution in [1.29, 1.82) is 0 Å². The van der Waals surface area contributed by atoms with Crippen LogP contribution in [-0.4, -0.2) is 0 Å². The van der Waals surface area contributed by atoms with Gasteiger partial charge in [-0.2, -0.15) is 0 Å². The molecule has 2 unspecified atom stereocenters. The first kappa shape index (κ1) is 9.22. The van der Waals surface area contributed by atoms with Crippen LogP contribution in [0.3, 0.4) is 0 Å². The van der Waals surface area contributed by atoms with Crippen molar-refractivity contribution in [3.63, 3.8) is 0 Å². The van der Waals surface area contributed by atoms with Crippen LogP contribution in [0.15, 0.2) is 12.1 Å². The van der Waals surface area contributed by atoms with Crippen molar-refractivity contribution in [3.8, 4) is 0 Å². The van der Waals surface area contributed by atoms with Gasteiger partial charge in [0.15, 0.2) is 0 Å². The normalized spacial score (nSPS) is 33.9. The first-order valence-corrected chi connectivity index (χ1v) is 5.78. The molecule has 1 aromatic heterocycles. The van der Waals surface area contributed by atoms with Gasteiger partial charge in [0.25, 0.3) is 0 Å². The molecule has 2 N–H and O–H groups in total. The van der Waals surface area contributed by atoms with Crippen LogP contribution in [0.1, 0.15) is 35.9 Å². The average Bonchev–Trinajstić information content (AvgIpc) is 2.60. The van der Waals surface area contributed by atoms with Crippen molar-refractivity contribution in [2.24, 2.45) is 11.7 Å². The Balaban J connectivity index is 2.25. The van der Waals surface area contributed by atoms with Crippen molar-refractivity contribution < 1.29 is 0 Å². The number of rotatable bonds is 1. The Morgan fingerprint density at radius 1 is 1.54 bits per heavy atom. The summed E-state index contributed by atoms with van der Waals surface area (Å²) in [6.07, 6.45) is 3.61. The lowest BCUT2D eigenvalue weighted by Gasteiger charge is -2.22. The maximum Gasteiger partial charge on any atom is 0.0506 e. The molecule has 1 nitrogen and oxygen atoms in total. The van der Waals surface area contributed by atoms with Crippen molar-refractivity contribution in [1.82, 2.24) is 0 Å². The van der Waals surface area contributed by atoms with Gasteiger partial charge in [-0.3, -0.25) is 0 Å². The van der Waals surface area contributed by atoms with Gasteiger partial charge in [-0.15, -0.1) is 11.3 Å². The predicted molar refractivity (Wildman–Crippen MR) is 57.9 cm³/mol. The van der Waals surface area contributed by atoms with Gasteiger partial charge in [0.05, 0.1) is 5.54 Å². The van der Waals surface area contributed by atoms with E-state index in [0.29, 0.717) is 0 Å². The Bertz CT molecular complexity index is 305. The summed E-state index contributed by atoms with van der Waals surface area (Å²) in [6.45, 7) is 4.45. The molecular formula is C11H17NS. The third-order valence-electron chi connectivity index (χ3n) is 3.03. The lowest BCUT2D eigenvalue weighted by atomic mass is 9.96. The molecule has 0 aromatic carbocycles. The number of nitrogens with two attached hydrogens (primary N) is 1. The van der Waals surface area contributed by atoms with Crippen molar-refractivity contribution in [2.45, 2.75) is 38.6 Å². The maximum absolute atomic E-state index is 6.39. The van der Waals surface area contributed by atoms with E-state index in [-0.39, 0.29) is 5.54 Å². The summed E-state index contributed by atoms with van der Waals surface area (Å²) in [4.78, 5) is 2.76. The minimum Gasteiger partial charge on any atom is -0.321 e. The van der Waals surface area contributed by atoms with Crippen LogP contribution in [0.25, 0.3) is 0 Å². The topological polar surface area (TPSA) is 26.0 Å². The zero-order chi connectivity index (χ0) is 9.47. The molecule has 0 spiro atoms. The Morgan fingerprint density at radius 2 is 2.31 bits per heavy atom. The smallest absolute Gasteiger partial charge is 0.0506 e. The molecular weight excluding hydrogens is 178 g/mol. The third-order valence-corrected chi connectivity index (χ3v) is 4.25. The van der Waals surface area contributed by atoms with Gasteiger partial charge < -0.3 is 5.73 Å². The number of aryl methyl sites for hydroxylation is 1. The van der Waals surface area contributed by atoms with Crippen molar-refractivity contribution >= 4 is 11.3 Å². The van der Waals surface area contributed by atoms with Crippen LogP contribution in [0.4, 0.5) is 0 Å². The monoisotopic (exact) mass is 195 g/mol. The largest absolute Gasteiger partial charge is 0.321 e. The van der Waals surface area contributed by atoms with E-state index in [1.807, 2.05) is 11.3 Å². The molecule has 1 saturated carbocycles. The highest BCUT2D eigenvalue weighted by Gasteiger charge is 2.36. The van der Waals surface area contributed by atoms with Crippen molar-refractivity contribution in [2.75, 3.05) is 0 Å². The van der Waals surface area contributed by atoms with Crippen LogP contribution in [0, 0.1) is 12.8 Å². The summed E-state index contributed by atoms with van der Waals surface area (Å²) < 4.78 is 0. The molecule has 1 aromatic rings. The molecule has 72 valence electrons. The second-order valence-corrected chi connectivity index (χ2v) is 5.70. The number of hydrogen-bond donors (Lipinski definition) is 1. The van der Waals surface area contributed by atoms with E-state index in [0.717, 1.165) is 18.8 Å². The minimum absolute atomic E-state index is 0.00164. The van der Waals surface area contributed by atoms with Gasteiger partial charge in [-0.1, -0.05) is 6.92 Å². The van der Waals surface area contributed by atoms with E-state index in [4.69, 9.17) is 5.73 Å². The fraction of sp³-hybridized carbons (Fsp3) is 0.636. The maximum atomic E-state index is 6.39. The van der Waals surface area contributed by atoms with E-state index in [2.05, 4.69) is 26.0 Å². The number of hydrogen-bond acceptors (Lipinski definition) is 2. The van der Waals surface area contributed by atoms with E-state index >= 15 is 0 Å². The molecule has 1 aliphatic rings. The van der Waals surface area contributed by atoms with E-state index in [9.17, 15) is 0 Å². The molecule has 1 heterocycles. The zero-order valence-electron chi connectivity index (χ0n) is 8.34. The molecule has 0 aliphatic heterocycles. The Morgan fingerprint density at radius 3 is 2.77 bits per heavy atom. The lowest BCUT2D eigenvalue weighted by Crippen LogP contribution is -2.32. The third kappa shape index (κ3) is 1.65. The Hall–Kier alpha value is -0.340. The summed E-state index contributed by atoms with van der Waals surface area (Å²) in [5, 5.41) is 0. The standard InChI is InChI=1S/C11H17NS/c1-8-5-6-11(12,7-8)10-4-3-9(2)13-10/h3-4,8H,5-7,12H2,1-2H3. The molecule has 0 amide bonds. The zero-order valence-corrected chi connectivity index (χ0v) is 9.16. The highest BCUT2D eigenvalue weighted by atomic mass is 32.1. The molecule has 2 atom stereocenters. The second kappa shape index (κ2) is 3.10. The van der Waals surface area contributed by atoms with Gasteiger partial charge in [-0.05, 0) is 44.2 Å².